The molecule has 1 aliphatic heterocycles. The second-order valence-electron chi connectivity index (χ2n) is 7.36. The van der Waals surface area contributed by atoms with E-state index in [1.165, 1.54) is 25.7 Å². The van der Waals surface area contributed by atoms with Crippen LogP contribution in [0.15, 0.2) is 29.2 Å². The van der Waals surface area contributed by atoms with Gasteiger partial charge in [-0.2, -0.15) is 4.31 Å². The average Bonchev–Trinajstić information content (AvgIpc) is 3.31. The van der Waals surface area contributed by atoms with Crippen LogP contribution >= 0.6 is 0 Å². The van der Waals surface area contributed by atoms with E-state index in [9.17, 15) is 8.42 Å². The monoisotopic (exact) mass is 365 g/mol. The molecule has 25 heavy (non-hydrogen) atoms. The topological polar surface area (TPSA) is 52.7 Å². The lowest BCUT2D eigenvalue weighted by molar-refractivity contribution is 0.316. The van der Waals surface area contributed by atoms with Crippen LogP contribution in [0.4, 0.5) is 0 Å². The molecule has 0 aromatic heterocycles. The van der Waals surface area contributed by atoms with Crippen LogP contribution in [-0.2, 0) is 16.6 Å². The van der Waals surface area contributed by atoms with Crippen LogP contribution in [0.25, 0.3) is 0 Å². The number of nitrogens with zero attached hydrogens (tertiary/aromatic N) is 2. The highest BCUT2D eigenvalue weighted by atomic mass is 32.2. The molecule has 1 atom stereocenters. The van der Waals surface area contributed by atoms with Crippen molar-refractivity contribution in [1.29, 1.82) is 0 Å². The number of likely N-dealkylation sites (N-methyl/N-ethyl adjacent to an activating group) is 2. The first-order chi connectivity index (χ1) is 12.0. The van der Waals surface area contributed by atoms with E-state index in [1.54, 1.807) is 23.5 Å². The lowest BCUT2D eigenvalue weighted by atomic mass is 10.2. The smallest absolute Gasteiger partial charge is 0.243 e. The van der Waals surface area contributed by atoms with Gasteiger partial charge in [0.2, 0.25) is 10.0 Å². The number of hydrogen-bond acceptors (Lipinski definition) is 4. The Bertz CT molecular complexity index is 654. The standard InChI is InChI=1S/C19H31N3O2S/c1-3-22-13-12-18(15-22)21(2)25(23,24)19-10-8-16(9-11-19)14-20-17-6-4-5-7-17/h8-11,17-18,20H,3-7,12-15H2,1-2H3. The molecule has 0 bridgehead atoms. The summed E-state index contributed by atoms with van der Waals surface area (Å²) >= 11 is 0. The zero-order valence-electron chi connectivity index (χ0n) is 15.4. The summed E-state index contributed by atoms with van der Waals surface area (Å²) < 4.78 is 27.3. The molecule has 1 aromatic rings. The minimum absolute atomic E-state index is 0.0775. The first-order valence-electron chi connectivity index (χ1n) is 9.53. The summed E-state index contributed by atoms with van der Waals surface area (Å²) in [6.07, 6.45) is 6.06. The lowest BCUT2D eigenvalue weighted by Crippen LogP contribution is -2.38. The van der Waals surface area contributed by atoms with Crippen LogP contribution in [-0.4, -0.2) is 56.4 Å². The Morgan fingerprint density at radius 2 is 1.84 bits per heavy atom. The Kier molecular flexibility index (Phi) is 6.15. The van der Waals surface area contributed by atoms with Gasteiger partial charge in [0.05, 0.1) is 4.90 Å². The predicted molar refractivity (Wildman–Crippen MR) is 101 cm³/mol. The molecular formula is C19H31N3O2S. The van der Waals surface area contributed by atoms with Crippen LogP contribution in [0.2, 0.25) is 0 Å². The van der Waals surface area contributed by atoms with Crippen molar-refractivity contribution in [3.8, 4) is 0 Å². The van der Waals surface area contributed by atoms with Crippen molar-refractivity contribution in [2.75, 3.05) is 26.7 Å². The van der Waals surface area contributed by atoms with Crippen LogP contribution < -0.4 is 5.32 Å². The van der Waals surface area contributed by atoms with Crippen LogP contribution in [0.3, 0.4) is 0 Å². The highest BCUT2D eigenvalue weighted by molar-refractivity contribution is 7.89. The van der Waals surface area contributed by atoms with Gasteiger partial charge in [-0.1, -0.05) is 31.9 Å². The zero-order chi connectivity index (χ0) is 17.9. The fourth-order valence-electron chi connectivity index (χ4n) is 3.93. The van der Waals surface area contributed by atoms with Crippen molar-refractivity contribution >= 4 is 10.0 Å². The van der Waals surface area contributed by atoms with Gasteiger partial charge in [-0.3, -0.25) is 0 Å². The summed E-state index contributed by atoms with van der Waals surface area (Å²) in [6.45, 7) is 5.72. The molecule has 0 amide bonds. The maximum atomic E-state index is 12.9. The van der Waals surface area contributed by atoms with E-state index in [-0.39, 0.29) is 6.04 Å². The van der Waals surface area contributed by atoms with Crippen LogP contribution in [0.1, 0.15) is 44.6 Å². The Morgan fingerprint density at radius 1 is 1.16 bits per heavy atom. The van der Waals surface area contributed by atoms with Gasteiger partial charge in [0, 0.05) is 32.2 Å². The summed E-state index contributed by atoms with van der Waals surface area (Å²) in [5.74, 6) is 0. The summed E-state index contributed by atoms with van der Waals surface area (Å²) in [7, 11) is -1.70. The van der Waals surface area contributed by atoms with Gasteiger partial charge in [0.1, 0.15) is 0 Å². The van der Waals surface area contributed by atoms with Gasteiger partial charge in [-0.25, -0.2) is 8.42 Å². The van der Waals surface area contributed by atoms with Gasteiger partial charge >= 0.3 is 0 Å². The van der Waals surface area contributed by atoms with Gasteiger partial charge in [0.15, 0.2) is 0 Å². The number of benzene rings is 1. The van der Waals surface area contributed by atoms with Crippen molar-refractivity contribution in [2.24, 2.45) is 0 Å². The number of sulfonamides is 1. The van der Waals surface area contributed by atoms with Crippen molar-refractivity contribution in [1.82, 2.24) is 14.5 Å². The Hall–Kier alpha value is -0.950. The second-order valence-corrected chi connectivity index (χ2v) is 9.36. The number of nitrogens with one attached hydrogen (secondary N) is 1. The Morgan fingerprint density at radius 3 is 2.44 bits per heavy atom. The van der Waals surface area contributed by atoms with Crippen LogP contribution in [0.5, 0.6) is 0 Å². The van der Waals surface area contributed by atoms with E-state index in [0.717, 1.165) is 38.2 Å². The normalized spacial score (nSPS) is 22.9. The number of rotatable bonds is 7. The minimum atomic E-state index is -3.42. The molecule has 2 fully saturated rings. The molecule has 1 aliphatic carbocycles. The molecule has 2 aliphatic rings. The maximum absolute atomic E-state index is 12.9. The molecular weight excluding hydrogens is 334 g/mol. The van der Waals surface area contributed by atoms with Crippen molar-refractivity contribution in [3.05, 3.63) is 29.8 Å². The van der Waals surface area contributed by atoms with E-state index in [4.69, 9.17) is 0 Å². The van der Waals surface area contributed by atoms with E-state index < -0.39 is 10.0 Å². The number of hydrogen-bond donors (Lipinski definition) is 1. The summed E-state index contributed by atoms with van der Waals surface area (Å²) in [5.41, 5.74) is 1.14. The van der Waals surface area contributed by atoms with Gasteiger partial charge in [-0.05, 0) is 50.0 Å². The third kappa shape index (κ3) is 4.42. The van der Waals surface area contributed by atoms with E-state index in [2.05, 4.69) is 17.1 Å². The molecule has 0 spiro atoms. The largest absolute Gasteiger partial charge is 0.310 e. The average molecular weight is 366 g/mol. The SMILES string of the molecule is CCN1CCC(N(C)S(=O)(=O)c2ccc(CNC3CCCC3)cc2)C1. The molecule has 1 aromatic carbocycles. The molecule has 6 heteroatoms. The van der Waals surface area contributed by atoms with Crippen molar-refractivity contribution in [3.63, 3.8) is 0 Å². The third-order valence-electron chi connectivity index (χ3n) is 5.76. The summed E-state index contributed by atoms with van der Waals surface area (Å²) in [6, 6.07) is 8.09. The predicted octanol–water partition coefficient (Wildman–Crippen LogP) is 2.43. The second kappa shape index (κ2) is 8.16. The van der Waals surface area contributed by atoms with Crippen molar-refractivity contribution < 1.29 is 8.42 Å². The van der Waals surface area contributed by atoms with Crippen LogP contribution in [0, 0.1) is 0 Å². The fraction of sp³-hybridized carbons (Fsp3) is 0.684. The molecule has 5 nitrogen and oxygen atoms in total. The molecule has 1 N–H and O–H groups in total. The molecule has 1 saturated heterocycles. The molecule has 3 rings (SSSR count). The molecule has 1 heterocycles. The highest BCUT2D eigenvalue weighted by Crippen LogP contribution is 2.23. The zero-order valence-corrected chi connectivity index (χ0v) is 16.3. The summed E-state index contributed by atoms with van der Waals surface area (Å²) in [5, 5.41) is 3.57. The lowest BCUT2D eigenvalue weighted by Gasteiger charge is -2.24. The van der Waals surface area contributed by atoms with E-state index in [0.29, 0.717) is 10.9 Å². The highest BCUT2D eigenvalue weighted by Gasteiger charge is 2.32. The molecule has 0 radical (unpaired) electrons. The quantitative estimate of drug-likeness (QED) is 0.806. The number of likely N-dealkylation sites (tertiary alicyclic amines) is 1. The Balaban J connectivity index is 1.61. The molecule has 140 valence electrons. The first-order valence-corrected chi connectivity index (χ1v) is 11.0. The fourth-order valence-corrected chi connectivity index (χ4v) is 5.31. The van der Waals surface area contributed by atoms with Gasteiger partial charge in [0.25, 0.3) is 0 Å². The first kappa shape index (κ1) is 18.8. The van der Waals surface area contributed by atoms with Gasteiger partial charge < -0.3 is 10.2 Å². The molecule has 1 unspecified atom stereocenters. The van der Waals surface area contributed by atoms with E-state index >= 15 is 0 Å². The van der Waals surface area contributed by atoms with E-state index in [1.807, 2.05) is 12.1 Å². The maximum Gasteiger partial charge on any atom is 0.243 e. The minimum Gasteiger partial charge on any atom is -0.310 e. The molecule has 1 saturated carbocycles. The van der Waals surface area contributed by atoms with Crippen molar-refractivity contribution in [2.45, 2.75) is 62.6 Å². The Labute approximate surface area is 152 Å². The third-order valence-corrected chi connectivity index (χ3v) is 7.68. The van der Waals surface area contributed by atoms with Gasteiger partial charge in [-0.15, -0.1) is 0 Å². The summed E-state index contributed by atoms with van der Waals surface area (Å²) in [4.78, 5) is 2.70.